The molecular formula is C11H18N4O3. The molecule has 100 valence electrons. The lowest BCUT2D eigenvalue weighted by Gasteiger charge is -2.13. The van der Waals surface area contributed by atoms with Crippen LogP contribution in [-0.4, -0.2) is 46.1 Å². The maximum Gasteiger partial charge on any atom is 0.326 e. The minimum absolute atomic E-state index is 0.197. The van der Waals surface area contributed by atoms with E-state index in [-0.39, 0.29) is 18.7 Å². The number of imidazole rings is 1. The average molecular weight is 254 g/mol. The molecule has 0 saturated carbocycles. The van der Waals surface area contributed by atoms with Gasteiger partial charge in [0.2, 0.25) is 5.91 Å². The zero-order chi connectivity index (χ0) is 13.4. The minimum Gasteiger partial charge on any atom is -0.480 e. The summed E-state index contributed by atoms with van der Waals surface area (Å²) >= 11 is 0. The highest BCUT2D eigenvalue weighted by Crippen LogP contribution is 1.99. The van der Waals surface area contributed by atoms with Crippen LogP contribution < -0.4 is 10.6 Å². The maximum atomic E-state index is 11.5. The van der Waals surface area contributed by atoms with E-state index in [0.29, 0.717) is 12.2 Å². The van der Waals surface area contributed by atoms with Crippen molar-refractivity contribution in [3.8, 4) is 0 Å². The number of nitrogens with one attached hydrogen (secondary N) is 3. The van der Waals surface area contributed by atoms with Gasteiger partial charge in [-0.1, -0.05) is 6.92 Å². The molecule has 0 unspecified atom stereocenters. The van der Waals surface area contributed by atoms with E-state index in [1.54, 1.807) is 6.20 Å². The van der Waals surface area contributed by atoms with E-state index in [0.717, 1.165) is 6.54 Å². The molecule has 0 bridgehead atoms. The van der Waals surface area contributed by atoms with Gasteiger partial charge in [-0.15, -0.1) is 0 Å². The number of aromatic nitrogens is 2. The number of hydrogen-bond acceptors (Lipinski definition) is 4. The summed E-state index contributed by atoms with van der Waals surface area (Å²) in [7, 11) is 0. The molecule has 18 heavy (non-hydrogen) atoms. The van der Waals surface area contributed by atoms with E-state index in [9.17, 15) is 9.59 Å². The largest absolute Gasteiger partial charge is 0.480 e. The molecule has 1 atom stereocenters. The Labute approximate surface area is 105 Å². The first-order valence-corrected chi connectivity index (χ1v) is 5.83. The Hall–Kier alpha value is -1.89. The second-order valence-corrected chi connectivity index (χ2v) is 3.84. The molecule has 0 aliphatic rings. The number of nitrogens with zero attached hydrogens (tertiary/aromatic N) is 1. The highest BCUT2D eigenvalue weighted by molar-refractivity contribution is 5.83. The van der Waals surface area contributed by atoms with Crippen LogP contribution in [0.25, 0.3) is 0 Å². The van der Waals surface area contributed by atoms with E-state index in [1.165, 1.54) is 6.33 Å². The SMILES string of the molecule is CCNCCC(=O)N[C@@H](Cc1cnc[nH]1)C(=O)O. The van der Waals surface area contributed by atoms with Gasteiger partial charge in [0.25, 0.3) is 0 Å². The Morgan fingerprint density at radius 2 is 2.33 bits per heavy atom. The van der Waals surface area contributed by atoms with Crippen LogP contribution >= 0.6 is 0 Å². The average Bonchev–Trinajstić information content (AvgIpc) is 2.81. The zero-order valence-corrected chi connectivity index (χ0v) is 10.3. The van der Waals surface area contributed by atoms with Crippen molar-refractivity contribution in [3.63, 3.8) is 0 Å². The fraction of sp³-hybridized carbons (Fsp3) is 0.545. The van der Waals surface area contributed by atoms with E-state index in [4.69, 9.17) is 5.11 Å². The predicted molar refractivity (Wildman–Crippen MR) is 65.0 cm³/mol. The highest BCUT2D eigenvalue weighted by Gasteiger charge is 2.20. The number of aromatic amines is 1. The molecular weight excluding hydrogens is 236 g/mol. The summed E-state index contributed by atoms with van der Waals surface area (Å²) in [6.45, 7) is 3.26. The van der Waals surface area contributed by atoms with Gasteiger partial charge in [0.15, 0.2) is 0 Å². The van der Waals surface area contributed by atoms with Crippen molar-refractivity contribution in [2.45, 2.75) is 25.8 Å². The number of hydrogen-bond donors (Lipinski definition) is 4. The molecule has 0 aliphatic heterocycles. The van der Waals surface area contributed by atoms with Crippen LogP contribution in [0, 0.1) is 0 Å². The van der Waals surface area contributed by atoms with Gasteiger partial charge in [0.1, 0.15) is 6.04 Å². The lowest BCUT2D eigenvalue weighted by atomic mass is 10.1. The predicted octanol–water partition coefficient (Wildman–Crippen LogP) is -0.479. The summed E-state index contributed by atoms with van der Waals surface area (Å²) < 4.78 is 0. The number of carbonyl (C=O) groups is 2. The van der Waals surface area contributed by atoms with Crippen molar-refractivity contribution in [1.82, 2.24) is 20.6 Å². The van der Waals surface area contributed by atoms with E-state index < -0.39 is 12.0 Å². The fourth-order valence-corrected chi connectivity index (χ4v) is 1.46. The van der Waals surface area contributed by atoms with Crippen molar-refractivity contribution in [1.29, 1.82) is 0 Å². The lowest BCUT2D eigenvalue weighted by Crippen LogP contribution is -2.43. The summed E-state index contributed by atoms with van der Waals surface area (Å²) in [6, 6.07) is -0.931. The Bertz CT molecular complexity index is 378. The summed E-state index contributed by atoms with van der Waals surface area (Å²) in [5, 5.41) is 14.5. The smallest absolute Gasteiger partial charge is 0.326 e. The molecule has 0 aromatic carbocycles. The van der Waals surface area contributed by atoms with Crippen LogP contribution in [0.3, 0.4) is 0 Å². The number of carboxylic acid groups (broad SMARTS) is 1. The molecule has 1 aromatic heterocycles. The Kier molecular flexibility index (Phi) is 5.86. The normalized spacial score (nSPS) is 12.1. The van der Waals surface area contributed by atoms with Crippen LogP contribution in [0.1, 0.15) is 19.0 Å². The molecule has 7 heteroatoms. The zero-order valence-electron chi connectivity index (χ0n) is 10.3. The highest BCUT2D eigenvalue weighted by atomic mass is 16.4. The van der Waals surface area contributed by atoms with Crippen molar-refractivity contribution in [2.75, 3.05) is 13.1 Å². The number of carbonyl (C=O) groups excluding carboxylic acids is 1. The molecule has 0 saturated heterocycles. The molecule has 0 fully saturated rings. The number of aliphatic carboxylic acids is 1. The van der Waals surface area contributed by atoms with E-state index >= 15 is 0 Å². The Morgan fingerprint density at radius 3 is 2.89 bits per heavy atom. The van der Waals surface area contributed by atoms with Gasteiger partial charge in [-0.3, -0.25) is 4.79 Å². The fourth-order valence-electron chi connectivity index (χ4n) is 1.46. The number of carboxylic acids is 1. The second kappa shape index (κ2) is 7.44. The first-order chi connectivity index (χ1) is 8.63. The summed E-state index contributed by atoms with van der Waals surface area (Å²) in [4.78, 5) is 29.2. The van der Waals surface area contributed by atoms with Crippen LogP contribution in [0.5, 0.6) is 0 Å². The van der Waals surface area contributed by atoms with Crippen LogP contribution in [-0.2, 0) is 16.0 Å². The minimum atomic E-state index is -1.05. The van der Waals surface area contributed by atoms with Crippen molar-refractivity contribution < 1.29 is 14.7 Å². The molecule has 0 radical (unpaired) electrons. The molecule has 0 aliphatic carbocycles. The third kappa shape index (κ3) is 4.96. The number of rotatable bonds is 8. The van der Waals surface area contributed by atoms with Gasteiger partial charge in [-0.2, -0.15) is 0 Å². The standard InChI is InChI=1S/C11H18N4O3/c1-2-12-4-3-10(16)15-9(11(17)18)5-8-6-13-7-14-8/h6-7,9,12H,2-5H2,1H3,(H,13,14)(H,15,16)(H,17,18)/t9-/m0/s1. The molecule has 4 N–H and O–H groups in total. The Morgan fingerprint density at radius 1 is 1.56 bits per heavy atom. The summed E-state index contributed by atoms with van der Waals surface area (Å²) in [5.74, 6) is -1.33. The molecule has 1 rings (SSSR count). The second-order valence-electron chi connectivity index (χ2n) is 3.84. The third-order valence-electron chi connectivity index (χ3n) is 2.39. The summed E-state index contributed by atoms with van der Waals surface area (Å²) in [5.41, 5.74) is 0.675. The molecule has 0 spiro atoms. The van der Waals surface area contributed by atoms with Crippen molar-refractivity contribution in [3.05, 3.63) is 18.2 Å². The first kappa shape index (κ1) is 14.2. The first-order valence-electron chi connectivity index (χ1n) is 5.83. The maximum absolute atomic E-state index is 11.5. The van der Waals surface area contributed by atoms with Gasteiger partial charge in [-0.25, -0.2) is 9.78 Å². The Balaban J connectivity index is 2.42. The van der Waals surface area contributed by atoms with Gasteiger partial charge < -0.3 is 20.7 Å². The van der Waals surface area contributed by atoms with Crippen LogP contribution in [0.4, 0.5) is 0 Å². The molecule has 7 nitrogen and oxygen atoms in total. The van der Waals surface area contributed by atoms with Gasteiger partial charge in [-0.05, 0) is 6.54 Å². The van der Waals surface area contributed by atoms with Crippen LogP contribution in [0.2, 0.25) is 0 Å². The van der Waals surface area contributed by atoms with Crippen molar-refractivity contribution in [2.24, 2.45) is 0 Å². The quantitative estimate of drug-likeness (QED) is 0.469. The summed E-state index contributed by atoms with van der Waals surface area (Å²) in [6.07, 6.45) is 3.48. The molecule has 1 amide bonds. The topological polar surface area (TPSA) is 107 Å². The van der Waals surface area contributed by atoms with E-state index in [1.807, 2.05) is 6.92 Å². The number of amides is 1. The monoisotopic (exact) mass is 254 g/mol. The van der Waals surface area contributed by atoms with Crippen LogP contribution in [0.15, 0.2) is 12.5 Å². The van der Waals surface area contributed by atoms with Gasteiger partial charge >= 0.3 is 5.97 Å². The van der Waals surface area contributed by atoms with Crippen molar-refractivity contribution >= 4 is 11.9 Å². The van der Waals surface area contributed by atoms with E-state index in [2.05, 4.69) is 20.6 Å². The molecule has 1 aromatic rings. The van der Waals surface area contributed by atoms with Gasteiger partial charge in [0.05, 0.1) is 6.33 Å². The van der Waals surface area contributed by atoms with Gasteiger partial charge in [0, 0.05) is 31.3 Å². The lowest BCUT2D eigenvalue weighted by molar-refractivity contribution is -0.141. The number of H-pyrrole nitrogens is 1. The molecule has 1 heterocycles. The third-order valence-corrected chi connectivity index (χ3v) is 2.39.